The largest absolute Gasteiger partial charge is 0.396 e. The second kappa shape index (κ2) is 2.22. The van der Waals surface area contributed by atoms with Gasteiger partial charge in [-0.3, -0.25) is 0 Å². The van der Waals surface area contributed by atoms with Gasteiger partial charge in [-0.15, -0.1) is 0 Å². The standard InChI is InChI=1S/C13H14O/c14-6-11-12-9-5-10(13(11)12)8-4-2-1-3-7(8)9/h1-4,9-14H,5-6H2/t9-,10+,11?,12+,13-. The zero-order valence-corrected chi connectivity index (χ0v) is 8.06. The summed E-state index contributed by atoms with van der Waals surface area (Å²) < 4.78 is 0. The van der Waals surface area contributed by atoms with Crippen LogP contribution in [-0.2, 0) is 0 Å². The summed E-state index contributed by atoms with van der Waals surface area (Å²) >= 11 is 0. The molecule has 1 unspecified atom stereocenters. The van der Waals surface area contributed by atoms with Gasteiger partial charge in [-0.1, -0.05) is 24.3 Å². The molecule has 1 heteroatoms. The third kappa shape index (κ3) is 0.651. The molecule has 4 rings (SSSR count). The molecular formula is C13H14O. The first-order valence-electron chi connectivity index (χ1n) is 5.61. The topological polar surface area (TPSA) is 20.2 Å². The Labute approximate surface area is 83.8 Å². The molecule has 0 amide bonds. The number of fused-ring (bicyclic) bond motifs is 8. The summed E-state index contributed by atoms with van der Waals surface area (Å²) in [7, 11) is 0. The van der Waals surface area contributed by atoms with Crippen molar-refractivity contribution < 1.29 is 5.11 Å². The summed E-state index contributed by atoms with van der Waals surface area (Å²) in [5, 5.41) is 9.25. The average molecular weight is 186 g/mol. The molecule has 0 radical (unpaired) electrons. The Balaban J connectivity index is 1.83. The van der Waals surface area contributed by atoms with Crippen LogP contribution in [0.2, 0.25) is 0 Å². The molecule has 3 aliphatic rings. The molecule has 1 aromatic rings. The van der Waals surface area contributed by atoms with Gasteiger partial charge in [-0.05, 0) is 47.1 Å². The highest BCUT2D eigenvalue weighted by Gasteiger charge is 2.66. The molecule has 1 N–H and O–H groups in total. The number of hydrogen-bond donors (Lipinski definition) is 1. The number of aliphatic hydroxyl groups is 1. The van der Waals surface area contributed by atoms with E-state index in [9.17, 15) is 5.11 Å². The normalized spacial score (nSPS) is 46.2. The Hall–Kier alpha value is -0.820. The summed E-state index contributed by atoms with van der Waals surface area (Å²) in [6.07, 6.45) is 1.37. The van der Waals surface area contributed by atoms with E-state index in [0.717, 1.165) is 23.7 Å². The van der Waals surface area contributed by atoms with Gasteiger partial charge >= 0.3 is 0 Å². The fourth-order valence-corrected chi connectivity index (χ4v) is 4.25. The maximum atomic E-state index is 9.25. The first-order chi connectivity index (χ1) is 6.92. The van der Waals surface area contributed by atoms with Crippen LogP contribution in [0.4, 0.5) is 0 Å². The SMILES string of the molecule is OCC1[C@@H]2[C@H]1[C@@H]1C[C@H]2c2ccccc21. The van der Waals surface area contributed by atoms with Crippen LogP contribution in [0.5, 0.6) is 0 Å². The van der Waals surface area contributed by atoms with Crippen LogP contribution in [0.15, 0.2) is 24.3 Å². The number of benzene rings is 1. The Morgan fingerprint density at radius 1 is 1.07 bits per heavy atom. The molecule has 0 saturated heterocycles. The van der Waals surface area contributed by atoms with Crippen LogP contribution in [0, 0.1) is 17.8 Å². The Morgan fingerprint density at radius 2 is 1.64 bits per heavy atom. The van der Waals surface area contributed by atoms with Crippen LogP contribution in [0.25, 0.3) is 0 Å². The third-order valence-electron chi connectivity index (χ3n) is 4.74. The van der Waals surface area contributed by atoms with Crippen LogP contribution in [0.3, 0.4) is 0 Å². The molecule has 2 bridgehead atoms. The summed E-state index contributed by atoms with van der Waals surface area (Å²) in [5.74, 6) is 3.88. The smallest absolute Gasteiger partial charge is 0.0465 e. The van der Waals surface area contributed by atoms with E-state index in [-0.39, 0.29) is 0 Å². The summed E-state index contributed by atoms with van der Waals surface area (Å²) in [6.45, 7) is 0.413. The molecule has 5 atom stereocenters. The fourth-order valence-electron chi connectivity index (χ4n) is 4.25. The van der Waals surface area contributed by atoms with Crippen LogP contribution in [0.1, 0.15) is 29.4 Å². The maximum absolute atomic E-state index is 9.25. The van der Waals surface area contributed by atoms with Crippen molar-refractivity contribution in [2.45, 2.75) is 18.3 Å². The quantitative estimate of drug-likeness (QED) is 0.712. The lowest BCUT2D eigenvalue weighted by molar-refractivity contribution is 0.252. The van der Waals surface area contributed by atoms with Gasteiger partial charge in [0.25, 0.3) is 0 Å². The van der Waals surface area contributed by atoms with E-state index in [2.05, 4.69) is 24.3 Å². The van der Waals surface area contributed by atoms with Crippen molar-refractivity contribution in [3.05, 3.63) is 35.4 Å². The second-order valence-corrected chi connectivity index (χ2v) is 5.08. The fraction of sp³-hybridized carbons (Fsp3) is 0.538. The summed E-state index contributed by atoms with van der Waals surface area (Å²) in [4.78, 5) is 0. The molecule has 0 spiro atoms. The first kappa shape index (κ1) is 7.47. The molecule has 3 aliphatic carbocycles. The molecule has 1 aromatic carbocycles. The zero-order chi connectivity index (χ0) is 9.28. The van der Waals surface area contributed by atoms with Crippen molar-refractivity contribution in [1.29, 1.82) is 0 Å². The summed E-state index contributed by atoms with van der Waals surface area (Å²) in [5.41, 5.74) is 3.18. The lowest BCUT2D eigenvalue weighted by atomic mass is 9.92. The van der Waals surface area contributed by atoms with Crippen LogP contribution < -0.4 is 0 Å². The second-order valence-electron chi connectivity index (χ2n) is 5.08. The highest BCUT2D eigenvalue weighted by atomic mass is 16.3. The minimum Gasteiger partial charge on any atom is -0.396 e. The Morgan fingerprint density at radius 3 is 2.14 bits per heavy atom. The molecule has 72 valence electrons. The van der Waals surface area contributed by atoms with Gasteiger partial charge in [-0.2, -0.15) is 0 Å². The van der Waals surface area contributed by atoms with Crippen LogP contribution >= 0.6 is 0 Å². The van der Waals surface area contributed by atoms with E-state index in [1.54, 1.807) is 11.1 Å². The molecule has 2 saturated carbocycles. The van der Waals surface area contributed by atoms with Crippen molar-refractivity contribution in [2.24, 2.45) is 17.8 Å². The van der Waals surface area contributed by atoms with Crippen molar-refractivity contribution in [2.75, 3.05) is 6.61 Å². The van der Waals surface area contributed by atoms with E-state index in [4.69, 9.17) is 0 Å². The molecule has 0 aliphatic heterocycles. The van der Waals surface area contributed by atoms with Gasteiger partial charge in [0.15, 0.2) is 0 Å². The minimum absolute atomic E-state index is 0.413. The lowest BCUT2D eigenvalue weighted by Crippen LogP contribution is -1.99. The molecule has 0 aromatic heterocycles. The predicted molar refractivity (Wildman–Crippen MR) is 54.1 cm³/mol. The number of aliphatic hydroxyl groups excluding tert-OH is 1. The van der Waals surface area contributed by atoms with Crippen molar-refractivity contribution in [1.82, 2.24) is 0 Å². The Bertz CT molecular complexity index is 363. The van der Waals surface area contributed by atoms with Gasteiger partial charge in [0.05, 0.1) is 0 Å². The van der Waals surface area contributed by atoms with Crippen molar-refractivity contribution in [3.8, 4) is 0 Å². The average Bonchev–Trinajstić information content (AvgIpc) is 2.69. The number of hydrogen-bond acceptors (Lipinski definition) is 1. The van der Waals surface area contributed by atoms with Gasteiger partial charge in [0.2, 0.25) is 0 Å². The molecule has 14 heavy (non-hydrogen) atoms. The monoisotopic (exact) mass is 186 g/mol. The third-order valence-corrected chi connectivity index (χ3v) is 4.74. The molecule has 2 fully saturated rings. The molecular weight excluding hydrogens is 172 g/mol. The van der Waals surface area contributed by atoms with E-state index in [1.165, 1.54) is 6.42 Å². The lowest BCUT2D eigenvalue weighted by Gasteiger charge is -2.12. The van der Waals surface area contributed by atoms with E-state index >= 15 is 0 Å². The van der Waals surface area contributed by atoms with Crippen LogP contribution in [-0.4, -0.2) is 11.7 Å². The predicted octanol–water partition coefficient (Wildman–Crippen LogP) is 2.13. The van der Waals surface area contributed by atoms with Gasteiger partial charge in [-0.25, -0.2) is 0 Å². The maximum Gasteiger partial charge on any atom is 0.0465 e. The van der Waals surface area contributed by atoms with Gasteiger partial charge in [0.1, 0.15) is 0 Å². The highest BCUT2D eigenvalue weighted by molar-refractivity contribution is 5.46. The van der Waals surface area contributed by atoms with Gasteiger partial charge < -0.3 is 5.11 Å². The van der Waals surface area contributed by atoms with Crippen molar-refractivity contribution in [3.63, 3.8) is 0 Å². The number of rotatable bonds is 1. The van der Waals surface area contributed by atoms with Gasteiger partial charge in [0, 0.05) is 6.61 Å². The van der Waals surface area contributed by atoms with Crippen molar-refractivity contribution >= 4 is 0 Å². The highest BCUT2D eigenvalue weighted by Crippen LogP contribution is 2.73. The zero-order valence-electron chi connectivity index (χ0n) is 8.06. The molecule has 0 heterocycles. The minimum atomic E-state index is 0.413. The van der Waals surface area contributed by atoms with E-state index in [0.29, 0.717) is 12.5 Å². The van der Waals surface area contributed by atoms with E-state index in [1.807, 2.05) is 0 Å². The Kier molecular flexibility index (Phi) is 1.18. The first-order valence-corrected chi connectivity index (χ1v) is 5.61. The molecule has 1 nitrogen and oxygen atoms in total. The van der Waals surface area contributed by atoms with E-state index < -0.39 is 0 Å². The summed E-state index contributed by atoms with van der Waals surface area (Å²) in [6, 6.07) is 8.90.